The maximum atomic E-state index is 10.2. The van der Waals surface area contributed by atoms with Gasteiger partial charge in [0.1, 0.15) is 6.04 Å². The average Bonchev–Trinajstić information content (AvgIpc) is 2.16. The molecule has 0 fully saturated rings. The number of aliphatic hydroxyl groups is 1. The third-order valence-corrected chi connectivity index (χ3v) is 1.86. The van der Waals surface area contributed by atoms with E-state index in [0.29, 0.717) is 11.3 Å². The average molecular weight is 197 g/mol. The summed E-state index contributed by atoms with van der Waals surface area (Å²) in [4.78, 5) is 9.40. The maximum Gasteiger partial charge on any atom is 0.332 e. The fourth-order valence-corrected chi connectivity index (χ4v) is 1.02. The molecule has 0 bridgehead atoms. The minimum absolute atomic E-state index is 0.475. The van der Waals surface area contributed by atoms with Crippen LogP contribution < -0.4 is 11.5 Å². The number of rotatable bonds is 3. The van der Waals surface area contributed by atoms with Gasteiger partial charge in [-0.2, -0.15) is 0 Å². The van der Waals surface area contributed by atoms with E-state index in [0.717, 1.165) is 0 Å². The Hall–Kier alpha value is -1.66. The highest BCUT2D eigenvalue weighted by molar-refractivity contribution is 5.40. The molecule has 0 aliphatic heterocycles. The van der Waals surface area contributed by atoms with Crippen molar-refractivity contribution in [2.45, 2.75) is 12.3 Å². The van der Waals surface area contributed by atoms with Crippen molar-refractivity contribution in [1.29, 1.82) is 0 Å². The standard InChI is InChI=1S/C8H11N3O3/c9-6-3-1-5(2-4-6)7(10)8(12)11(13)14/h1-4,7-8,12H,9-10H2. The van der Waals surface area contributed by atoms with Gasteiger partial charge in [-0.15, -0.1) is 0 Å². The highest BCUT2D eigenvalue weighted by Gasteiger charge is 2.26. The molecular formula is C8H11N3O3. The van der Waals surface area contributed by atoms with E-state index in [4.69, 9.17) is 16.6 Å². The molecule has 1 aromatic rings. The number of nitrogens with two attached hydrogens (primary N) is 2. The van der Waals surface area contributed by atoms with Gasteiger partial charge in [-0.05, 0) is 17.7 Å². The number of nitrogen functional groups attached to an aromatic ring is 1. The fraction of sp³-hybridized carbons (Fsp3) is 0.250. The molecule has 0 aromatic heterocycles. The second-order valence-corrected chi connectivity index (χ2v) is 2.89. The first-order valence-corrected chi connectivity index (χ1v) is 3.95. The first kappa shape index (κ1) is 10.4. The van der Waals surface area contributed by atoms with E-state index in [1.807, 2.05) is 0 Å². The molecule has 76 valence electrons. The smallest absolute Gasteiger partial charge is 0.332 e. The lowest BCUT2D eigenvalue weighted by Gasteiger charge is -2.12. The van der Waals surface area contributed by atoms with Crippen LogP contribution in [-0.2, 0) is 0 Å². The van der Waals surface area contributed by atoms with Gasteiger partial charge in [0.2, 0.25) is 0 Å². The van der Waals surface area contributed by atoms with Gasteiger partial charge in [-0.3, -0.25) is 10.1 Å². The molecule has 0 radical (unpaired) electrons. The van der Waals surface area contributed by atoms with Crippen LogP contribution in [0.3, 0.4) is 0 Å². The van der Waals surface area contributed by atoms with Crippen molar-refractivity contribution in [1.82, 2.24) is 0 Å². The van der Waals surface area contributed by atoms with Crippen LogP contribution in [0.2, 0.25) is 0 Å². The van der Waals surface area contributed by atoms with Crippen LogP contribution >= 0.6 is 0 Å². The Balaban J connectivity index is 2.84. The Morgan fingerprint density at radius 2 is 1.86 bits per heavy atom. The van der Waals surface area contributed by atoms with Crippen molar-refractivity contribution in [3.63, 3.8) is 0 Å². The Labute approximate surface area is 80.3 Å². The maximum absolute atomic E-state index is 10.2. The summed E-state index contributed by atoms with van der Waals surface area (Å²) in [5, 5.41) is 19.3. The Kier molecular flexibility index (Phi) is 3.00. The van der Waals surface area contributed by atoms with Gasteiger partial charge < -0.3 is 16.6 Å². The summed E-state index contributed by atoms with van der Waals surface area (Å²) in [6.45, 7) is 0. The van der Waals surface area contributed by atoms with Gasteiger partial charge in [0.15, 0.2) is 0 Å². The summed E-state index contributed by atoms with van der Waals surface area (Å²) in [5.74, 6) is 0. The molecule has 0 heterocycles. The normalized spacial score (nSPS) is 14.7. The SMILES string of the molecule is Nc1ccc(C(N)C(O)[N+](=O)[O-])cc1. The van der Waals surface area contributed by atoms with Crippen molar-refractivity contribution in [2.24, 2.45) is 5.73 Å². The molecule has 2 atom stereocenters. The first-order chi connectivity index (χ1) is 6.52. The first-order valence-electron chi connectivity index (χ1n) is 3.95. The van der Waals surface area contributed by atoms with Crippen LogP contribution in [0.4, 0.5) is 5.69 Å². The summed E-state index contributed by atoms with van der Waals surface area (Å²) < 4.78 is 0. The molecule has 6 heteroatoms. The van der Waals surface area contributed by atoms with Gasteiger partial charge in [-0.25, -0.2) is 0 Å². The molecule has 5 N–H and O–H groups in total. The molecule has 14 heavy (non-hydrogen) atoms. The van der Waals surface area contributed by atoms with Gasteiger partial charge in [0.25, 0.3) is 0 Å². The van der Waals surface area contributed by atoms with Gasteiger partial charge in [0, 0.05) is 5.69 Å². The largest absolute Gasteiger partial charge is 0.399 e. The van der Waals surface area contributed by atoms with E-state index < -0.39 is 17.2 Å². The van der Waals surface area contributed by atoms with Crippen molar-refractivity contribution < 1.29 is 10.0 Å². The number of anilines is 1. The zero-order chi connectivity index (χ0) is 10.7. The monoisotopic (exact) mass is 197 g/mol. The van der Waals surface area contributed by atoms with Gasteiger partial charge >= 0.3 is 6.23 Å². The minimum Gasteiger partial charge on any atom is -0.399 e. The van der Waals surface area contributed by atoms with E-state index in [9.17, 15) is 10.1 Å². The summed E-state index contributed by atoms with van der Waals surface area (Å²) in [6, 6.07) is 5.20. The molecule has 1 aromatic carbocycles. The number of hydrogen-bond donors (Lipinski definition) is 3. The second kappa shape index (κ2) is 4.03. The van der Waals surface area contributed by atoms with E-state index in [1.54, 1.807) is 24.3 Å². The predicted molar refractivity (Wildman–Crippen MR) is 50.8 cm³/mol. The molecule has 2 unspecified atom stereocenters. The van der Waals surface area contributed by atoms with Crippen LogP contribution in [0.1, 0.15) is 11.6 Å². The van der Waals surface area contributed by atoms with Gasteiger partial charge in [0.05, 0.1) is 4.92 Å². The molecule has 0 aliphatic rings. The van der Waals surface area contributed by atoms with E-state index in [2.05, 4.69) is 0 Å². The van der Waals surface area contributed by atoms with Crippen LogP contribution in [-0.4, -0.2) is 16.3 Å². The molecule has 0 spiro atoms. The summed E-state index contributed by atoms with van der Waals surface area (Å²) >= 11 is 0. The minimum atomic E-state index is -1.79. The Morgan fingerprint density at radius 3 is 2.29 bits per heavy atom. The zero-order valence-corrected chi connectivity index (χ0v) is 7.33. The van der Waals surface area contributed by atoms with Crippen molar-refractivity contribution >= 4 is 5.69 Å². The molecule has 6 nitrogen and oxygen atoms in total. The van der Waals surface area contributed by atoms with Gasteiger partial charge in [-0.1, -0.05) is 12.1 Å². The van der Waals surface area contributed by atoms with Crippen molar-refractivity contribution in [3.8, 4) is 0 Å². The topological polar surface area (TPSA) is 115 Å². The summed E-state index contributed by atoms with van der Waals surface area (Å²) in [6.07, 6.45) is -1.79. The quantitative estimate of drug-likeness (QED) is 0.270. The number of hydrogen-bond acceptors (Lipinski definition) is 5. The van der Waals surface area contributed by atoms with Crippen LogP contribution in [0.25, 0.3) is 0 Å². The lowest BCUT2D eigenvalue weighted by atomic mass is 10.1. The van der Waals surface area contributed by atoms with Crippen molar-refractivity contribution in [3.05, 3.63) is 39.9 Å². The molecule has 0 saturated carbocycles. The third kappa shape index (κ3) is 2.18. The summed E-state index contributed by atoms with van der Waals surface area (Å²) in [5.41, 5.74) is 11.9. The number of benzene rings is 1. The lowest BCUT2D eigenvalue weighted by Crippen LogP contribution is -2.32. The molecular weight excluding hydrogens is 186 g/mol. The van der Waals surface area contributed by atoms with Crippen LogP contribution in [0.15, 0.2) is 24.3 Å². The van der Waals surface area contributed by atoms with Crippen LogP contribution in [0.5, 0.6) is 0 Å². The predicted octanol–water partition coefficient (Wildman–Crippen LogP) is -0.136. The van der Waals surface area contributed by atoms with E-state index in [-0.39, 0.29) is 0 Å². The van der Waals surface area contributed by atoms with Crippen LogP contribution in [0, 0.1) is 10.1 Å². The fourth-order valence-electron chi connectivity index (χ4n) is 1.02. The third-order valence-electron chi connectivity index (χ3n) is 1.86. The van der Waals surface area contributed by atoms with E-state index >= 15 is 0 Å². The molecule has 1 rings (SSSR count). The summed E-state index contributed by atoms with van der Waals surface area (Å²) in [7, 11) is 0. The number of nitro groups is 1. The highest BCUT2D eigenvalue weighted by atomic mass is 16.7. The molecule has 0 amide bonds. The Bertz CT molecular complexity index is 325. The molecule has 0 aliphatic carbocycles. The zero-order valence-electron chi connectivity index (χ0n) is 7.33. The second-order valence-electron chi connectivity index (χ2n) is 2.89. The number of nitrogens with zero attached hydrogens (tertiary/aromatic N) is 1. The molecule has 0 saturated heterocycles. The lowest BCUT2D eigenvalue weighted by molar-refractivity contribution is -0.574. The highest BCUT2D eigenvalue weighted by Crippen LogP contribution is 2.16. The number of aliphatic hydroxyl groups excluding tert-OH is 1. The Morgan fingerprint density at radius 1 is 1.36 bits per heavy atom. The van der Waals surface area contributed by atoms with Crippen molar-refractivity contribution in [2.75, 3.05) is 5.73 Å². The van der Waals surface area contributed by atoms with E-state index in [1.165, 1.54) is 0 Å².